The largest absolute Gasteiger partial charge is 0.394 e. The van der Waals surface area contributed by atoms with E-state index in [1.54, 1.807) is 0 Å². The van der Waals surface area contributed by atoms with Crippen LogP contribution in [0.2, 0.25) is 0 Å². The number of hydrogen-bond acceptors (Lipinski definition) is 4. The van der Waals surface area contributed by atoms with Gasteiger partial charge in [-0.25, -0.2) is 0 Å². The molecule has 1 aliphatic heterocycles. The summed E-state index contributed by atoms with van der Waals surface area (Å²) in [5, 5.41) is 17.4. The highest BCUT2D eigenvalue weighted by Gasteiger charge is 2.39. The van der Waals surface area contributed by atoms with Crippen LogP contribution in [0.25, 0.3) is 0 Å². The molecule has 1 saturated carbocycles. The van der Waals surface area contributed by atoms with E-state index in [9.17, 15) is 0 Å². The van der Waals surface area contributed by atoms with E-state index in [0.29, 0.717) is 12.6 Å². The van der Waals surface area contributed by atoms with Crippen molar-refractivity contribution >= 4 is 0 Å². The van der Waals surface area contributed by atoms with Crippen LogP contribution < -0.4 is 5.32 Å². The van der Waals surface area contributed by atoms with E-state index >= 15 is 0 Å². The first-order chi connectivity index (χ1) is 10.6. The van der Waals surface area contributed by atoms with Crippen molar-refractivity contribution < 1.29 is 9.84 Å². The highest BCUT2D eigenvalue weighted by Crippen LogP contribution is 2.40. The molecular weight excluding hydrogens is 278 g/mol. The van der Waals surface area contributed by atoms with E-state index < -0.39 is 0 Å². The van der Waals surface area contributed by atoms with Crippen LogP contribution >= 0.6 is 0 Å². The van der Waals surface area contributed by atoms with Gasteiger partial charge in [-0.15, -0.1) is 0 Å². The van der Waals surface area contributed by atoms with Gasteiger partial charge in [-0.05, 0) is 39.5 Å². The molecule has 124 valence electrons. The Kier molecular flexibility index (Phi) is 4.85. The first kappa shape index (κ1) is 16.0. The highest BCUT2D eigenvalue weighted by atomic mass is 16.5. The zero-order valence-electron chi connectivity index (χ0n) is 13.9. The normalized spacial score (nSPS) is 24.2. The Hall–Kier alpha value is -0.910. The number of hydrogen-bond donors (Lipinski definition) is 2. The molecule has 5 nitrogen and oxygen atoms in total. The number of rotatable bonds is 5. The average Bonchev–Trinajstić information content (AvgIpc) is 3.04. The lowest BCUT2D eigenvalue weighted by Crippen LogP contribution is -2.45. The number of nitrogens with one attached hydrogen (secondary N) is 1. The van der Waals surface area contributed by atoms with E-state index in [1.165, 1.54) is 36.9 Å². The van der Waals surface area contributed by atoms with Crippen LogP contribution in [-0.4, -0.2) is 39.7 Å². The van der Waals surface area contributed by atoms with Crippen LogP contribution in [-0.2, 0) is 17.8 Å². The highest BCUT2D eigenvalue weighted by molar-refractivity contribution is 5.24. The van der Waals surface area contributed by atoms with Gasteiger partial charge in [0.15, 0.2) is 0 Å². The number of aliphatic hydroxyl groups excluding tert-OH is 1. The van der Waals surface area contributed by atoms with Gasteiger partial charge in [-0.3, -0.25) is 4.68 Å². The van der Waals surface area contributed by atoms with Gasteiger partial charge in [0.25, 0.3) is 0 Å². The van der Waals surface area contributed by atoms with E-state index in [0.717, 1.165) is 31.7 Å². The van der Waals surface area contributed by atoms with Gasteiger partial charge in [-0.1, -0.05) is 12.8 Å². The lowest BCUT2D eigenvalue weighted by atomic mass is 9.89. The quantitative estimate of drug-likeness (QED) is 0.874. The minimum Gasteiger partial charge on any atom is -0.394 e. The van der Waals surface area contributed by atoms with Gasteiger partial charge in [-0.2, -0.15) is 5.10 Å². The fourth-order valence-electron chi connectivity index (χ4n) is 4.12. The summed E-state index contributed by atoms with van der Waals surface area (Å²) in [6.45, 7) is 6.61. The molecule has 0 radical (unpaired) electrons. The summed E-state index contributed by atoms with van der Waals surface area (Å²) in [5.41, 5.74) is 3.68. The van der Waals surface area contributed by atoms with Gasteiger partial charge in [0.05, 0.1) is 24.4 Å². The van der Waals surface area contributed by atoms with Crippen molar-refractivity contribution in [3.8, 4) is 0 Å². The molecule has 0 amide bonds. The molecule has 1 aromatic heterocycles. The van der Waals surface area contributed by atoms with Crippen molar-refractivity contribution in [1.82, 2.24) is 15.1 Å². The zero-order chi connectivity index (χ0) is 15.6. The molecule has 1 spiro atoms. The fourth-order valence-corrected chi connectivity index (χ4v) is 4.12. The van der Waals surface area contributed by atoms with Crippen LogP contribution in [0.5, 0.6) is 0 Å². The minimum atomic E-state index is 0.136. The molecule has 1 aliphatic carbocycles. The topological polar surface area (TPSA) is 59.3 Å². The zero-order valence-corrected chi connectivity index (χ0v) is 13.9. The van der Waals surface area contributed by atoms with Gasteiger partial charge in [0.1, 0.15) is 0 Å². The van der Waals surface area contributed by atoms with E-state index in [4.69, 9.17) is 9.84 Å². The van der Waals surface area contributed by atoms with Crippen LogP contribution in [0.1, 0.15) is 55.5 Å². The van der Waals surface area contributed by atoms with Crippen molar-refractivity contribution in [2.75, 3.05) is 13.2 Å². The summed E-state index contributed by atoms with van der Waals surface area (Å²) < 4.78 is 8.02. The Balaban J connectivity index is 1.60. The summed E-state index contributed by atoms with van der Waals surface area (Å²) >= 11 is 0. The Bertz CT molecular complexity index is 506. The third kappa shape index (κ3) is 3.21. The molecule has 1 atom stereocenters. The molecular formula is C17H29N3O2. The Morgan fingerprint density at radius 3 is 2.86 bits per heavy atom. The van der Waals surface area contributed by atoms with E-state index in [2.05, 4.69) is 24.3 Å². The Morgan fingerprint density at radius 2 is 2.14 bits per heavy atom. The molecule has 2 N–H and O–H groups in total. The Morgan fingerprint density at radius 1 is 1.36 bits per heavy atom. The molecule has 3 rings (SSSR count). The molecule has 2 aliphatic rings. The second-order valence-electron chi connectivity index (χ2n) is 6.91. The van der Waals surface area contributed by atoms with Crippen LogP contribution in [0.4, 0.5) is 0 Å². The number of aromatic nitrogens is 2. The van der Waals surface area contributed by atoms with Crippen molar-refractivity contribution in [3.05, 3.63) is 17.0 Å². The van der Waals surface area contributed by atoms with Crippen molar-refractivity contribution in [1.29, 1.82) is 0 Å². The van der Waals surface area contributed by atoms with Crippen molar-refractivity contribution in [3.63, 3.8) is 0 Å². The maximum atomic E-state index is 9.11. The van der Waals surface area contributed by atoms with Crippen molar-refractivity contribution in [2.45, 2.75) is 77.1 Å². The predicted octanol–water partition coefficient (Wildman–Crippen LogP) is 2.07. The number of nitrogens with zero attached hydrogens (tertiary/aromatic N) is 2. The number of ether oxygens (including phenoxy) is 1. The third-order valence-electron chi connectivity index (χ3n) is 5.42. The molecule has 2 heterocycles. The molecule has 22 heavy (non-hydrogen) atoms. The van der Waals surface area contributed by atoms with Gasteiger partial charge in [0, 0.05) is 30.5 Å². The van der Waals surface area contributed by atoms with Crippen molar-refractivity contribution in [2.24, 2.45) is 0 Å². The van der Waals surface area contributed by atoms with Gasteiger partial charge < -0.3 is 15.2 Å². The molecule has 0 aromatic carbocycles. The second kappa shape index (κ2) is 6.69. The first-order valence-electron chi connectivity index (χ1n) is 8.65. The molecule has 5 heteroatoms. The first-order valence-corrected chi connectivity index (χ1v) is 8.65. The molecule has 1 saturated heterocycles. The third-order valence-corrected chi connectivity index (χ3v) is 5.42. The summed E-state index contributed by atoms with van der Waals surface area (Å²) in [5.74, 6) is 0. The maximum absolute atomic E-state index is 9.11. The Labute approximate surface area is 133 Å². The monoisotopic (exact) mass is 307 g/mol. The standard InChI is InChI=1S/C17H29N3O2/c1-13-16(14(2)20(19-13)8-9-21)12-18-15-5-10-22-17(11-15)6-3-4-7-17/h15,18,21H,3-12H2,1-2H3. The number of aliphatic hydroxyl groups is 1. The lowest BCUT2D eigenvalue weighted by Gasteiger charge is -2.38. The summed E-state index contributed by atoms with van der Waals surface area (Å²) in [4.78, 5) is 0. The van der Waals surface area contributed by atoms with E-state index in [1.807, 2.05) is 4.68 Å². The van der Waals surface area contributed by atoms with Crippen LogP contribution in [0.3, 0.4) is 0 Å². The second-order valence-corrected chi connectivity index (χ2v) is 6.91. The lowest BCUT2D eigenvalue weighted by molar-refractivity contribution is -0.0837. The minimum absolute atomic E-state index is 0.136. The summed E-state index contributed by atoms with van der Waals surface area (Å²) in [6, 6.07) is 0.548. The molecule has 1 aromatic rings. The summed E-state index contributed by atoms with van der Waals surface area (Å²) in [6.07, 6.45) is 7.35. The molecule has 1 unspecified atom stereocenters. The smallest absolute Gasteiger partial charge is 0.0697 e. The van der Waals surface area contributed by atoms with Gasteiger partial charge in [0.2, 0.25) is 0 Å². The average molecular weight is 307 g/mol. The van der Waals surface area contributed by atoms with Crippen LogP contribution in [0, 0.1) is 13.8 Å². The SMILES string of the molecule is Cc1nn(CCO)c(C)c1CNC1CCOC2(CCCC2)C1. The van der Waals surface area contributed by atoms with Gasteiger partial charge >= 0.3 is 0 Å². The number of aryl methyl sites for hydroxylation is 1. The summed E-state index contributed by atoms with van der Waals surface area (Å²) in [7, 11) is 0. The fraction of sp³-hybridized carbons (Fsp3) is 0.824. The molecule has 2 fully saturated rings. The predicted molar refractivity (Wildman–Crippen MR) is 85.8 cm³/mol. The van der Waals surface area contributed by atoms with E-state index in [-0.39, 0.29) is 12.2 Å². The maximum Gasteiger partial charge on any atom is 0.0697 e. The molecule has 0 bridgehead atoms. The van der Waals surface area contributed by atoms with Crippen LogP contribution in [0.15, 0.2) is 0 Å².